The van der Waals surface area contributed by atoms with Gasteiger partial charge in [-0.05, 0) is 89.9 Å². The Hall–Kier alpha value is -3.61. The molecule has 1 aliphatic rings. The molecule has 37 heavy (non-hydrogen) atoms. The molecule has 0 radical (unpaired) electrons. The number of benzene rings is 4. The highest BCUT2D eigenvalue weighted by Crippen LogP contribution is 2.39. The third kappa shape index (κ3) is 4.75. The van der Waals surface area contributed by atoms with Crippen LogP contribution < -0.4 is 0 Å². The van der Waals surface area contributed by atoms with Crippen LogP contribution in [0.2, 0.25) is 0 Å². The zero-order valence-electron chi connectivity index (χ0n) is 19.7. The second kappa shape index (κ2) is 9.36. The van der Waals surface area contributed by atoms with Crippen molar-refractivity contribution in [3.8, 4) is 22.3 Å². The zero-order chi connectivity index (χ0) is 26.5. The second-order valence-corrected chi connectivity index (χ2v) is 9.41. The summed E-state index contributed by atoms with van der Waals surface area (Å²) in [6.45, 7) is 1.14. The fourth-order valence-corrected chi connectivity index (χ4v) is 4.90. The van der Waals surface area contributed by atoms with Crippen LogP contribution in [0.15, 0.2) is 60.7 Å². The Balaban J connectivity index is 1.45. The van der Waals surface area contributed by atoms with E-state index in [4.69, 9.17) is 0 Å². The highest BCUT2D eigenvalue weighted by Gasteiger charge is 2.38. The van der Waals surface area contributed by atoms with Crippen molar-refractivity contribution in [2.24, 2.45) is 0 Å². The first kappa shape index (κ1) is 25.1. The highest BCUT2D eigenvalue weighted by molar-refractivity contribution is 5.72. The maximum absolute atomic E-state index is 15.0. The third-order valence-electron chi connectivity index (χ3n) is 6.89. The van der Waals surface area contributed by atoms with E-state index < -0.39 is 52.6 Å². The number of hydrogen-bond acceptors (Lipinski definition) is 0. The molecule has 0 amide bonds. The number of aryl methyl sites for hydroxylation is 2. The minimum absolute atomic E-state index is 0.153. The smallest absolute Gasteiger partial charge is 0.207 e. The van der Waals surface area contributed by atoms with Gasteiger partial charge in [-0.1, -0.05) is 30.3 Å². The van der Waals surface area contributed by atoms with Gasteiger partial charge in [0.1, 0.15) is 29.1 Å². The van der Waals surface area contributed by atoms with Gasteiger partial charge in [0.25, 0.3) is 5.92 Å². The average Bonchev–Trinajstić information content (AvgIpc) is 3.29. The van der Waals surface area contributed by atoms with Gasteiger partial charge in [-0.3, -0.25) is 0 Å². The van der Waals surface area contributed by atoms with E-state index in [0.29, 0.717) is 29.8 Å². The molecule has 4 aromatic rings. The first-order valence-corrected chi connectivity index (χ1v) is 11.8. The molecule has 0 unspecified atom stereocenters. The summed E-state index contributed by atoms with van der Waals surface area (Å²) >= 11 is 0. The normalized spacial score (nSPS) is 13.2. The van der Waals surface area contributed by atoms with E-state index in [1.54, 1.807) is 6.07 Å². The zero-order valence-corrected chi connectivity index (χ0v) is 19.7. The van der Waals surface area contributed by atoms with Crippen molar-refractivity contribution in [1.29, 1.82) is 0 Å². The lowest BCUT2D eigenvalue weighted by Gasteiger charge is -2.20. The molecule has 0 atom stereocenters. The number of rotatable bonds is 5. The molecule has 0 fully saturated rings. The summed E-state index contributed by atoms with van der Waals surface area (Å²) < 4.78 is 102. The van der Waals surface area contributed by atoms with Crippen molar-refractivity contribution in [3.05, 3.63) is 118 Å². The molecular formula is C30H21F7. The van der Waals surface area contributed by atoms with Crippen LogP contribution in [-0.2, 0) is 25.2 Å². The standard InChI is InChI=1S/C30H21F7/c1-16-24(31)9-17(10-25(16)32)15-30(36,37)29-27(34)13-22(14-28(29)35)23-8-7-21(12-26(23)33)20-6-5-18-3-2-4-19(18)11-20/h5-14H,2-4,15H2,1H3. The Bertz CT molecular complexity index is 1470. The molecule has 0 saturated heterocycles. The Labute approximate surface area is 209 Å². The van der Waals surface area contributed by atoms with Crippen LogP contribution in [-0.4, -0.2) is 0 Å². The van der Waals surface area contributed by atoms with E-state index in [2.05, 4.69) is 0 Å². The molecule has 5 rings (SSSR count). The molecule has 4 aromatic carbocycles. The van der Waals surface area contributed by atoms with Crippen LogP contribution in [0, 0.1) is 36.0 Å². The fourth-order valence-electron chi connectivity index (χ4n) is 4.90. The van der Waals surface area contributed by atoms with Crippen molar-refractivity contribution < 1.29 is 30.7 Å². The fraction of sp³-hybridized carbons (Fsp3) is 0.200. The Morgan fingerprint density at radius 3 is 1.84 bits per heavy atom. The molecule has 0 spiro atoms. The van der Waals surface area contributed by atoms with E-state index >= 15 is 4.39 Å². The second-order valence-electron chi connectivity index (χ2n) is 9.41. The predicted molar refractivity (Wildman–Crippen MR) is 128 cm³/mol. The lowest BCUT2D eigenvalue weighted by molar-refractivity contribution is -0.0110. The van der Waals surface area contributed by atoms with Crippen LogP contribution >= 0.6 is 0 Å². The summed E-state index contributed by atoms with van der Waals surface area (Å²) in [5, 5.41) is 0. The number of alkyl halides is 2. The molecular weight excluding hydrogens is 493 g/mol. The molecule has 0 N–H and O–H groups in total. The van der Waals surface area contributed by atoms with E-state index in [1.807, 2.05) is 18.2 Å². The average molecular weight is 514 g/mol. The van der Waals surface area contributed by atoms with Gasteiger partial charge in [-0.25, -0.2) is 30.7 Å². The van der Waals surface area contributed by atoms with E-state index in [0.717, 1.165) is 31.7 Å². The van der Waals surface area contributed by atoms with E-state index in [1.165, 1.54) is 23.3 Å². The van der Waals surface area contributed by atoms with E-state index in [9.17, 15) is 26.3 Å². The Kier molecular flexibility index (Phi) is 6.34. The topological polar surface area (TPSA) is 0 Å². The summed E-state index contributed by atoms with van der Waals surface area (Å²) in [6, 6.07) is 12.8. The minimum Gasteiger partial charge on any atom is -0.207 e. The van der Waals surface area contributed by atoms with Gasteiger partial charge in [0, 0.05) is 17.5 Å². The molecule has 0 aliphatic heterocycles. The van der Waals surface area contributed by atoms with Crippen LogP contribution in [0.3, 0.4) is 0 Å². The lowest BCUT2D eigenvalue weighted by Crippen LogP contribution is -2.21. The van der Waals surface area contributed by atoms with Crippen molar-refractivity contribution in [1.82, 2.24) is 0 Å². The summed E-state index contributed by atoms with van der Waals surface area (Å²) in [6.07, 6.45) is 1.70. The van der Waals surface area contributed by atoms with Gasteiger partial charge in [0.15, 0.2) is 0 Å². The molecule has 190 valence electrons. The molecule has 7 heteroatoms. The number of hydrogen-bond donors (Lipinski definition) is 0. The van der Waals surface area contributed by atoms with Crippen molar-refractivity contribution in [2.75, 3.05) is 0 Å². The summed E-state index contributed by atoms with van der Waals surface area (Å²) in [5.74, 6) is -10.1. The largest absolute Gasteiger partial charge is 0.282 e. The first-order chi connectivity index (χ1) is 17.5. The van der Waals surface area contributed by atoms with Crippen molar-refractivity contribution in [3.63, 3.8) is 0 Å². The van der Waals surface area contributed by atoms with Crippen molar-refractivity contribution in [2.45, 2.75) is 38.5 Å². The van der Waals surface area contributed by atoms with Gasteiger partial charge in [0.2, 0.25) is 0 Å². The van der Waals surface area contributed by atoms with E-state index in [-0.39, 0.29) is 16.7 Å². The predicted octanol–water partition coefficient (Wildman–Crippen LogP) is 8.85. The van der Waals surface area contributed by atoms with Gasteiger partial charge in [-0.2, -0.15) is 0 Å². The molecule has 0 saturated carbocycles. The first-order valence-electron chi connectivity index (χ1n) is 11.8. The SMILES string of the molecule is Cc1c(F)cc(CC(F)(F)c2c(F)cc(-c3ccc(-c4ccc5c(c4)CCC5)cc3F)cc2F)cc1F. The van der Waals surface area contributed by atoms with Gasteiger partial charge in [0.05, 0.1) is 5.56 Å². The van der Waals surface area contributed by atoms with Crippen LogP contribution in [0.1, 0.15) is 34.2 Å². The molecule has 0 heterocycles. The van der Waals surface area contributed by atoms with Gasteiger partial charge < -0.3 is 0 Å². The van der Waals surface area contributed by atoms with Gasteiger partial charge >= 0.3 is 0 Å². The van der Waals surface area contributed by atoms with Crippen LogP contribution in [0.25, 0.3) is 22.3 Å². The minimum atomic E-state index is -4.11. The summed E-state index contributed by atoms with van der Waals surface area (Å²) in [5.41, 5.74) is 1.10. The number of halogens is 7. The Morgan fingerprint density at radius 1 is 0.622 bits per heavy atom. The van der Waals surface area contributed by atoms with Crippen LogP contribution in [0.5, 0.6) is 0 Å². The van der Waals surface area contributed by atoms with Gasteiger partial charge in [-0.15, -0.1) is 0 Å². The maximum atomic E-state index is 15.0. The molecule has 0 nitrogen and oxygen atoms in total. The van der Waals surface area contributed by atoms with Crippen LogP contribution in [0.4, 0.5) is 30.7 Å². The molecule has 0 aromatic heterocycles. The highest BCUT2D eigenvalue weighted by atomic mass is 19.3. The monoisotopic (exact) mass is 514 g/mol. The summed E-state index contributed by atoms with van der Waals surface area (Å²) in [7, 11) is 0. The maximum Gasteiger partial charge on any atom is 0.282 e. The quantitative estimate of drug-likeness (QED) is 0.234. The lowest BCUT2D eigenvalue weighted by atomic mass is 9.94. The Morgan fingerprint density at radius 2 is 1.19 bits per heavy atom. The third-order valence-corrected chi connectivity index (χ3v) is 6.89. The molecule has 0 bridgehead atoms. The molecule has 1 aliphatic carbocycles. The van der Waals surface area contributed by atoms with Crippen molar-refractivity contribution >= 4 is 0 Å². The summed E-state index contributed by atoms with van der Waals surface area (Å²) in [4.78, 5) is 0. The number of fused-ring (bicyclic) bond motifs is 1.